The monoisotopic (exact) mass is 245 g/mol. The maximum atomic E-state index is 5.59. The van der Waals surface area contributed by atoms with Crippen molar-refractivity contribution in [3.05, 3.63) is 0 Å². The molecule has 2 atom stereocenters. The van der Waals surface area contributed by atoms with Crippen LogP contribution in [0.3, 0.4) is 0 Å². The average Bonchev–Trinajstić information content (AvgIpc) is 2.75. The Morgan fingerprint density at radius 3 is 2.59 bits per heavy atom. The molecule has 0 amide bonds. The molecule has 0 aromatic rings. The van der Waals surface area contributed by atoms with Gasteiger partial charge < -0.3 is 19.5 Å². The summed E-state index contributed by atoms with van der Waals surface area (Å²) in [5.74, 6) is 0. The number of nitrogens with one attached hydrogen (secondary N) is 1. The molecule has 0 saturated carbocycles. The van der Waals surface area contributed by atoms with Crippen LogP contribution >= 0.6 is 0 Å². The summed E-state index contributed by atoms with van der Waals surface area (Å²) in [5, 5.41) is 3.52. The minimum absolute atomic E-state index is 0.0845. The molecule has 0 aromatic heterocycles. The molecule has 1 heterocycles. The van der Waals surface area contributed by atoms with Gasteiger partial charge in [0.05, 0.1) is 12.2 Å². The Labute approximate surface area is 105 Å². The van der Waals surface area contributed by atoms with Gasteiger partial charge in [-0.1, -0.05) is 0 Å². The molecule has 17 heavy (non-hydrogen) atoms. The van der Waals surface area contributed by atoms with Crippen LogP contribution < -0.4 is 5.32 Å². The van der Waals surface area contributed by atoms with Gasteiger partial charge in [-0.15, -0.1) is 0 Å². The molecule has 0 radical (unpaired) electrons. The van der Waals surface area contributed by atoms with Crippen molar-refractivity contribution in [1.82, 2.24) is 5.32 Å². The fraction of sp³-hybridized carbons (Fsp3) is 1.00. The van der Waals surface area contributed by atoms with Gasteiger partial charge in [-0.2, -0.15) is 0 Å². The Bertz CT molecular complexity index is 225. The molecule has 1 rings (SSSR count). The lowest BCUT2D eigenvalue weighted by molar-refractivity contribution is -0.0228. The third-order valence-electron chi connectivity index (χ3n) is 3.62. The van der Waals surface area contributed by atoms with Crippen LogP contribution in [0.25, 0.3) is 0 Å². The average molecular weight is 245 g/mol. The number of ether oxygens (including phenoxy) is 3. The Morgan fingerprint density at radius 1 is 1.41 bits per heavy atom. The minimum atomic E-state index is -0.133. The highest BCUT2D eigenvalue weighted by Gasteiger charge is 2.35. The van der Waals surface area contributed by atoms with E-state index < -0.39 is 0 Å². The summed E-state index contributed by atoms with van der Waals surface area (Å²) in [7, 11) is 3.52. The van der Waals surface area contributed by atoms with Crippen LogP contribution in [-0.4, -0.2) is 51.2 Å². The summed E-state index contributed by atoms with van der Waals surface area (Å²) >= 11 is 0. The van der Waals surface area contributed by atoms with E-state index in [-0.39, 0.29) is 11.2 Å². The lowest BCUT2D eigenvalue weighted by Gasteiger charge is -2.31. The predicted molar refractivity (Wildman–Crippen MR) is 68.3 cm³/mol. The van der Waals surface area contributed by atoms with Crippen LogP contribution in [0.1, 0.15) is 33.6 Å². The van der Waals surface area contributed by atoms with Crippen molar-refractivity contribution in [1.29, 1.82) is 0 Å². The summed E-state index contributed by atoms with van der Waals surface area (Å²) in [4.78, 5) is 0. The molecule has 0 aromatic carbocycles. The fourth-order valence-electron chi connectivity index (χ4n) is 2.21. The van der Waals surface area contributed by atoms with Gasteiger partial charge in [0.15, 0.2) is 0 Å². The van der Waals surface area contributed by atoms with Gasteiger partial charge in [-0.3, -0.25) is 0 Å². The highest BCUT2D eigenvalue weighted by molar-refractivity contribution is 4.88. The number of rotatable bonds is 7. The smallest absolute Gasteiger partial charge is 0.106 e. The van der Waals surface area contributed by atoms with Crippen LogP contribution in [0.15, 0.2) is 0 Å². The Morgan fingerprint density at radius 2 is 2.12 bits per heavy atom. The molecule has 0 spiro atoms. The van der Waals surface area contributed by atoms with Crippen LogP contribution in [-0.2, 0) is 14.2 Å². The molecule has 102 valence electrons. The second kappa shape index (κ2) is 6.14. The number of methoxy groups -OCH3 is 2. The van der Waals surface area contributed by atoms with Crippen LogP contribution in [0, 0.1) is 0 Å². The first-order valence-corrected chi connectivity index (χ1v) is 6.34. The normalized spacial score (nSPS) is 27.4. The summed E-state index contributed by atoms with van der Waals surface area (Å²) in [6, 6.07) is 0.401. The SMILES string of the molecule is COC(C)(C)CC(C)NCC1(OC)CCOC1. The van der Waals surface area contributed by atoms with Crippen LogP contribution in [0.5, 0.6) is 0 Å². The third kappa shape index (κ3) is 4.54. The molecule has 2 unspecified atom stereocenters. The zero-order valence-corrected chi connectivity index (χ0v) is 11.8. The highest BCUT2D eigenvalue weighted by atomic mass is 16.5. The van der Waals surface area contributed by atoms with Gasteiger partial charge >= 0.3 is 0 Å². The molecule has 4 nitrogen and oxygen atoms in total. The molecule has 1 fully saturated rings. The van der Waals surface area contributed by atoms with E-state index in [0.717, 1.165) is 26.0 Å². The maximum absolute atomic E-state index is 5.59. The molecule has 0 aliphatic carbocycles. The van der Waals surface area contributed by atoms with E-state index in [1.807, 2.05) is 0 Å². The molecule has 1 aliphatic heterocycles. The van der Waals surface area contributed by atoms with Gasteiger partial charge in [0, 0.05) is 39.8 Å². The van der Waals surface area contributed by atoms with Crippen molar-refractivity contribution < 1.29 is 14.2 Å². The van der Waals surface area contributed by atoms with Gasteiger partial charge in [0.1, 0.15) is 5.60 Å². The van der Waals surface area contributed by atoms with Crippen molar-refractivity contribution in [2.45, 2.75) is 50.9 Å². The Kier molecular flexibility index (Phi) is 5.38. The lowest BCUT2D eigenvalue weighted by atomic mass is 9.98. The highest BCUT2D eigenvalue weighted by Crippen LogP contribution is 2.22. The molecule has 1 N–H and O–H groups in total. The van der Waals surface area contributed by atoms with E-state index in [4.69, 9.17) is 14.2 Å². The Hall–Kier alpha value is -0.160. The molecule has 4 heteroatoms. The van der Waals surface area contributed by atoms with E-state index >= 15 is 0 Å². The quantitative estimate of drug-likeness (QED) is 0.739. The minimum Gasteiger partial charge on any atom is -0.379 e. The maximum Gasteiger partial charge on any atom is 0.106 e. The lowest BCUT2D eigenvalue weighted by Crippen LogP contribution is -2.47. The topological polar surface area (TPSA) is 39.7 Å². The van der Waals surface area contributed by atoms with Gasteiger partial charge in [-0.25, -0.2) is 0 Å². The largest absolute Gasteiger partial charge is 0.379 e. The standard InChI is InChI=1S/C13H27NO3/c1-11(8-12(2,3)15-4)14-9-13(16-5)6-7-17-10-13/h11,14H,6-10H2,1-5H3. The zero-order valence-electron chi connectivity index (χ0n) is 11.8. The summed E-state index contributed by atoms with van der Waals surface area (Å²) in [6.07, 6.45) is 1.95. The third-order valence-corrected chi connectivity index (χ3v) is 3.62. The molecule has 1 saturated heterocycles. The van der Waals surface area contributed by atoms with Crippen molar-refractivity contribution in [3.8, 4) is 0 Å². The van der Waals surface area contributed by atoms with Gasteiger partial charge in [-0.05, 0) is 27.2 Å². The first kappa shape index (κ1) is 14.9. The van der Waals surface area contributed by atoms with Crippen molar-refractivity contribution >= 4 is 0 Å². The van der Waals surface area contributed by atoms with E-state index in [2.05, 4.69) is 26.1 Å². The van der Waals surface area contributed by atoms with Crippen molar-refractivity contribution in [3.63, 3.8) is 0 Å². The van der Waals surface area contributed by atoms with E-state index in [0.29, 0.717) is 12.6 Å². The van der Waals surface area contributed by atoms with E-state index in [1.165, 1.54) is 0 Å². The van der Waals surface area contributed by atoms with Crippen molar-refractivity contribution in [2.24, 2.45) is 0 Å². The molecule has 1 aliphatic rings. The first-order chi connectivity index (χ1) is 7.93. The van der Waals surface area contributed by atoms with Crippen molar-refractivity contribution in [2.75, 3.05) is 34.0 Å². The summed E-state index contributed by atoms with van der Waals surface area (Å²) in [5.41, 5.74) is -0.218. The van der Waals surface area contributed by atoms with Crippen LogP contribution in [0.4, 0.5) is 0 Å². The predicted octanol–water partition coefficient (Wildman–Crippen LogP) is 1.59. The summed E-state index contributed by atoms with van der Waals surface area (Å²) in [6.45, 7) is 8.72. The Balaban J connectivity index is 2.34. The van der Waals surface area contributed by atoms with E-state index in [9.17, 15) is 0 Å². The number of hydrogen-bond acceptors (Lipinski definition) is 4. The van der Waals surface area contributed by atoms with Gasteiger partial charge in [0.2, 0.25) is 0 Å². The fourth-order valence-corrected chi connectivity index (χ4v) is 2.21. The van der Waals surface area contributed by atoms with E-state index in [1.54, 1.807) is 14.2 Å². The molecule has 0 bridgehead atoms. The summed E-state index contributed by atoms with van der Waals surface area (Å²) < 4.78 is 16.4. The molecular formula is C13H27NO3. The first-order valence-electron chi connectivity index (χ1n) is 6.34. The van der Waals surface area contributed by atoms with Crippen LogP contribution in [0.2, 0.25) is 0 Å². The van der Waals surface area contributed by atoms with Gasteiger partial charge in [0.25, 0.3) is 0 Å². The second-order valence-corrected chi connectivity index (χ2v) is 5.64. The molecular weight excluding hydrogens is 218 g/mol. The second-order valence-electron chi connectivity index (χ2n) is 5.64. The zero-order chi connectivity index (χ0) is 12.9. The number of hydrogen-bond donors (Lipinski definition) is 1.